The Labute approximate surface area is 128 Å². The first-order valence-electron chi connectivity index (χ1n) is 6.58. The Hall–Kier alpha value is -2.32. The van der Waals surface area contributed by atoms with Crippen LogP contribution in [0.15, 0.2) is 12.1 Å². The number of nitrogens with two attached hydrogens (primary N) is 1. The van der Waals surface area contributed by atoms with Gasteiger partial charge < -0.3 is 30.6 Å². The lowest BCUT2D eigenvalue weighted by Gasteiger charge is -2.14. The summed E-state index contributed by atoms with van der Waals surface area (Å²) in [4.78, 5) is 23.4. The molecule has 0 aliphatic rings. The predicted octanol–water partition coefficient (Wildman–Crippen LogP) is -0.0228. The minimum Gasteiger partial charge on any atom is -0.493 e. The third kappa shape index (κ3) is 4.90. The maximum atomic E-state index is 11.9. The number of nitrogens with one attached hydrogen (secondary N) is 2. The van der Waals surface area contributed by atoms with Crippen molar-refractivity contribution in [3.63, 3.8) is 0 Å². The van der Waals surface area contributed by atoms with Gasteiger partial charge in [0.1, 0.15) is 0 Å². The van der Waals surface area contributed by atoms with Gasteiger partial charge >= 0.3 is 0 Å². The number of methoxy groups -OCH3 is 3. The van der Waals surface area contributed by atoms with E-state index in [-0.39, 0.29) is 23.7 Å². The highest BCUT2D eigenvalue weighted by atomic mass is 16.5. The summed E-state index contributed by atoms with van der Waals surface area (Å²) < 4.78 is 15.1. The van der Waals surface area contributed by atoms with E-state index in [2.05, 4.69) is 10.6 Å². The second-order valence-electron chi connectivity index (χ2n) is 4.33. The van der Waals surface area contributed by atoms with Crippen molar-refractivity contribution in [2.45, 2.75) is 0 Å². The molecule has 0 aliphatic carbocycles. The molecule has 0 bridgehead atoms. The molecular weight excluding hydrogens is 290 g/mol. The lowest BCUT2D eigenvalue weighted by molar-refractivity contribution is -0.115. The minimum atomic E-state index is -0.677. The van der Waals surface area contributed by atoms with E-state index >= 15 is 0 Å². The van der Waals surface area contributed by atoms with E-state index < -0.39 is 5.91 Å². The molecule has 1 aromatic rings. The molecule has 0 saturated carbocycles. The highest BCUT2D eigenvalue weighted by Gasteiger charge is 2.16. The molecule has 0 spiro atoms. The van der Waals surface area contributed by atoms with Crippen LogP contribution < -0.4 is 25.8 Å². The molecule has 8 nitrogen and oxygen atoms in total. The third-order valence-electron chi connectivity index (χ3n) is 2.83. The molecule has 0 aromatic heterocycles. The summed E-state index contributed by atoms with van der Waals surface area (Å²) >= 11 is 0. The fourth-order valence-corrected chi connectivity index (χ4v) is 1.76. The van der Waals surface area contributed by atoms with Gasteiger partial charge in [0.2, 0.25) is 5.91 Å². The van der Waals surface area contributed by atoms with Crippen molar-refractivity contribution in [1.82, 2.24) is 5.32 Å². The lowest BCUT2D eigenvalue weighted by Crippen LogP contribution is -2.31. The van der Waals surface area contributed by atoms with Gasteiger partial charge in [0.25, 0.3) is 5.91 Å². The van der Waals surface area contributed by atoms with E-state index in [9.17, 15) is 9.59 Å². The molecule has 0 atom stereocenters. The molecule has 1 rings (SSSR count). The Kier molecular flexibility index (Phi) is 7.14. The second-order valence-corrected chi connectivity index (χ2v) is 4.33. The standard InChI is InChI=1S/C14H21N3O5/c1-20-5-4-16-8-13(18)17-10-7-12(22-3)11(21-2)6-9(10)14(15)19/h6-7,16H,4-5,8H2,1-3H3,(H2,15,19)(H,17,18). The molecule has 0 saturated heterocycles. The van der Waals surface area contributed by atoms with Crippen molar-refractivity contribution in [2.75, 3.05) is 46.3 Å². The van der Waals surface area contributed by atoms with E-state index in [1.165, 1.54) is 26.4 Å². The van der Waals surface area contributed by atoms with Gasteiger partial charge in [-0.2, -0.15) is 0 Å². The summed E-state index contributed by atoms with van der Waals surface area (Å²) in [6.07, 6.45) is 0. The Morgan fingerprint density at radius 1 is 1.14 bits per heavy atom. The van der Waals surface area contributed by atoms with Crippen LogP contribution in [0.3, 0.4) is 0 Å². The molecule has 0 unspecified atom stereocenters. The summed E-state index contributed by atoms with van der Waals surface area (Å²) in [7, 11) is 4.48. The number of carbonyl (C=O) groups excluding carboxylic acids is 2. The summed E-state index contributed by atoms with van der Waals surface area (Å²) in [5.74, 6) is -0.253. The average molecular weight is 311 g/mol. The minimum absolute atomic E-state index is 0.0793. The molecule has 0 aliphatic heterocycles. The van der Waals surface area contributed by atoms with E-state index in [4.69, 9.17) is 19.9 Å². The summed E-state index contributed by atoms with van der Waals surface area (Å²) in [6, 6.07) is 2.92. The first-order valence-corrected chi connectivity index (χ1v) is 6.58. The van der Waals surface area contributed by atoms with E-state index in [0.29, 0.717) is 24.7 Å². The zero-order valence-corrected chi connectivity index (χ0v) is 12.9. The topological polar surface area (TPSA) is 112 Å². The van der Waals surface area contributed by atoms with Gasteiger partial charge in [0.05, 0.1) is 38.6 Å². The van der Waals surface area contributed by atoms with Crippen LogP contribution in [0.1, 0.15) is 10.4 Å². The molecule has 0 heterocycles. The van der Waals surface area contributed by atoms with Crippen LogP contribution >= 0.6 is 0 Å². The van der Waals surface area contributed by atoms with Crippen molar-refractivity contribution in [3.8, 4) is 11.5 Å². The van der Waals surface area contributed by atoms with Crippen LogP contribution in [0.5, 0.6) is 11.5 Å². The van der Waals surface area contributed by atoms with Crippen molar-refractivity contribution < 1.29 is 23.8 Å². The molecule has 0 radical (unpaired) electrons. The fourth-order valence-electron chi connectivity index (χ4n) is 1.76. The first kappa shape index (κ1) is 17.7. The van der Waals surface area contributed by atoms with Crippen LogP contribution in [0.4, 0.5) is 5.69 Å². The monoisotopic (exact) mass is 311 g/mol. The Balaban J connectivity index is 2.87. The van der Waals surface area contributed by atoms with Gasteiger partial charge in [-0.1, -0.05) is 0 Å². The Bertz CT molecular complexity index is 533. The number of amides is 2. The van der Waals surface area contributed by atoms with Crippen LogP contribution in [0.25, 0.3) is 0 Å². The molecule has 2 amide bonds. The largest absolute Gasteiger partial charge is 0.493 e. The van der Waals surface area contributed by atoms with Gasteiger partial charge in [-0.25, -0.2) is 0 Å². The lowest BCUT2D eigenvalue weighted by atomic mass is 10.1. The van der Waals surface area contributed by atoms with E-state index in [0.717, 1.165) is 0 Å². The van der Waals surface area contributed by atoms with Gasteiger partial charge in [-0.3, -0.25) is 9.59 Å². The zero-order valence-electron chi connectivity index (χ0n) is 12.9. The highest BCUT2D eigenvalue weighted by molar-refractivity contribution is 6.04. The number of rotatable bonds is 9. The third-order valence-corrected chi connectivity index (χ3v) is 2.83. The number of hydrogen-bond acceptors (Lipinski definition) is 6. The molecule has 1 aromatic carbocycles. The number of ether oxygens (including phenoxy) is 3. The van der Waals surface area contributed by atoms with Gasteiger partial charge in [0.15, 0.2) is 11.5 Å². The SMILES string of the molecule is COCCNCC(=O)Nc1cc(OC)c(OC)cc1C(N)=O. The van der Waals surface area contributed by atoms with E-state index in [1.54, 1.807) is 7.11 Å². The Morgan fingerprint density at radius 2 is 1.77 bits per heavy atom. The normalized spacial score (nSPS) is 10.1. The molecular formula is C14H21N3O5. The maximum absolute atomic E-state index is 11.9. The number of carbonyl (C=O) groups is 2. The number of benzene rings is 1. The van der Waals surface area contributed by atoms with Crippen LogP contribution in [0.2, 0.25) is 0 Å². The zero-order chi connectivity index (χ0) is 16.5. The predicted molar refractivity (Wildman–Crippen MR) is 81.4 cm³/mol. The quantitative estimate of drug-likeness (QED) is 0.552. The van der Waals surface area contributed by atoms with Crippen LogP contribution in [0, 0.1) is 0 Å². The van der Waals surface area contributed by atoms with Gasteiger partial charge in [-0.05, 0) is 6.07 Å². The fraction of sp³-hybridized carbons (Fsp3) is 0.429. The maximum Gasteiger partial charge on any atom is 0.250 e. The van der Waals surface area contributed by atoms with Gasteiger partial charge in [0, 0.05) is 19.7 Å². The molecule has 0 fully saturated rings. The van der Waals surface area contributed by atoms with E-state index in [1.807, 2.05) is 0 Å². The summed E-state index contributed by atoms with van der Waals surface area (Å²) in [5.41, 5.74) is 5.74. The van der Waals surface area contributed by atoms with Crippen molar-refractivity contribution in [1.29, 1.82) is 0 Å². The molecule has 122 valence electrons. The summed E-state index contributed by atoms with van der Waals surface area (Å²) in [5, 5.41) is 5.51. The molecule has 22 heavy (non-hydrogen) atoms. The molecule has 8 heteroatoms. The van der Waals surface area contributed by atoms with Gasteiger partial charge in [-0.15, -0.1) is 0 Å². The van der Waals surface area contributed by atoms with Crippen molar-refractivity contribution in [2.24, 2.45) is 5.73 Å². The van der Waals surface area contributed by atoms with Crippen molar-refractivity contribution in [3.05, 3.63) is 17.7 Å². The number of hydrogen-bond donors (Lipinski definition) is 3. The number of primary amides is 1. The smallest absolute Gasteiger partial charge is 0.250 e. The highest BCUT2D eigenvalue weighted by Crippen LogP contribution is 2.33. The number of anilines is 1. The van der Waals surface area contributed by atoms with Crippen LogP contribution in [-0.2, 0) is 9.53 Å². The van der Waals surface area contributed by atoms with Crippen molar-refractivity contribution >= 4 is 17.5 Å². The second kappa shape index (κ2) is 8.85. The molecule has 4 N–H and O–H groups in total. The summed E-state index contributed by atoms with van der Waals surface area (Å²) in [6.45, 7) is 1.12. The first-order chi connectivity index (χ1) is 10.5. The average Bonchev–Trinajstić information content (AvgIpc) is 2.50. The Morgan fingerprint density at radius 3 is 2.32 bits per heavy atom. The van der Waals surface area contributed by atoms with Crippen LogP contribution in [-0.4, -0.2) is 52.8 Å².